The van der Waals surface area contributed by atoms with Crippen molar-refractivity contribution in [2.45, 2.75) is 65.2 Å². The number of unbranched alkanes of at least 4 members (excludes halogenated alkanes) is 2. The van der Waals surface area contributed by atoms with Gasteiger partial charge >= 0.3 is 23.9 Å². The third-order valence-corrected chi connectivity index (χ3v) is 5.48. The molecule has 1 aliphatic carbocycles. The number of ether oxygens (including phenoxy) is 2. The largest absolute Gasteiger partial charge is 0.386 e. The van der Waals surface area contributed by atoms with Crippen LogP contribution in [0.1, 0.15) is 65.2 Å². The molecule has 0 aromatic heterocycles. The van der Waals surface area contributed by atoms with Crippen LogP contribution in [0.2, 0.25) is 0 Å². The van der Waals surface area contributed by atoms with Crippen LogP contribution < -0.4 is 0 Å². The number of rotatable bonds is 6. The van der Waals surface area contributed by atoms with E-state index in [-0.39, 0.29) is 24.7 Å². The first kappa shape index (κ1) is 18.5. The Bertz CT molecular complexity index is 665. The molecule has 26 heavy (non-hydrogen) atoms. The number of carbonyl (C=O) groups is 4. The summed E-state index contributed by atoms with van der Waals surface area (Å²) in [6.45, 7) is 4.07. The van der Waals surface area contributed by atoms with Gasteiger partial charge in [-0.25, -0.2) is 19.2 Å². The first-order valence-electron chi connectivity index (χ1n) is 9.46. The summed E-state index contributed by atoms with van der Waals surface area (Å²) < 4.78 is 9.77. The lowest BCUT2D eigenvalue weighted by Gasteiger charge is -2.24. The Labute approximate surface area is 152 Å². The summed E-state index contributed by atoms with van der Waals surface area (Å²) >= 11 is 0. The number of hydrogen-bond acceptors (Lipinski definition) is 6. The second kappa shape index (κ2) is 7.56. The lowest BCUT2D eigenvalue weighted by Crippen LogP contribution is -2.20. The van der Waals surface area contributed by atoms with Gasteiger partial charge in [-0.3, -0.25) is 0 Å². The van der Waals surface area contributed by atoms with Crippen LogP contribution in [-0.2, 0) is 28.7 Å². The van der Waals surface area contributed by atoms with Crippen LogP contribution in [0.25, 0.3) is 0 Å². The first-order chi connectivity index (χ1) is 12.5. The van der Waals surface area contributed by atoms with Crippen molar-refractivity contribution in [2.75, 3.05) is 0 Å². The molecule has 6 heteroatoms. The fourth-order valence-corrected chi connectivity index (χ4v) is 4.17. The van der Waals surface area contributed by atoms with Crippen LogP contribution in [-0.4, -0.2) is 23.9 Å². The van der Waals surface area contributed by atoms with Gasteiger partial charge in [-0.1, -0.05) is 39.5 Å². The highest BCUT2D eigenvalue weighted by atomic mass is 16.6. The van der Waals surface area contributed by atoms with Gasteiger partial charge in [-0.15, -0.1) is 0 Å². The van der Waals surface area contributed by atoms with E-state index in [1.54, 1.807) is 0 Å². The van der Waals surface area contributed by atoms with Crippen molar-refractivity contribution in [3.8, 4) is 0 Å². The predicted molar refractivity (Wildman–Crippen MR) is 91.5 cm³/mol. The maximum absolute atomic E-state index is 12.3. The van der Waals surface area contributed by atoms with Crippen LogP contribution >= 0.6 is 0 Å². The quantitative estimate of drug-likeness (QED) is 0.534. The van der Waals surface area contributed by atoms with Gasteiger partial charge in [0.25, 0.3) is 0 Å². The summed E-state index contributed by atoms with van der Waals surface area (Å²) in [6, 6.07) is 0. The Balaban J connectivity index is 2.06. The summed E-state index contributed by atoms with van der Waals surface area (Å²) in [5, 5.41) is 0. The first-order valence-corrected chi connectivity index (χ1v) is 9.46. The van der Waals surface area contributed by atoms with Crippen LogP contribution in [0, 0.1) is 11.8 Å². The molecule has 140 valence electrons. The molecule has 0 spiro atoms. The zero-order valence-corrected chi connectivity index (χ0v) is 15.3. The Kier molecular flexibility index (Phi) is 5.39. The third-order valence-electron chi connectivity index (χ3n) is 5.48. The topological polar surface area (TPSA) is 86.7 Å². The van der Waals surface area contributed by atoms with Crippen molar-refractivity contribution in [3.63, 3.8) is 0 Å². The molecule has 2 heterocycles. The molecule has 6 nitrogen and oxygen atoms in total. The number of hydrogen-bond donors (Lipinski definition) is 0. The Morgan fingerprint density at radius 3 is 1.42 bits per heavy atom. The minimum atomic E-state index is -0.602. The molecular weight excluding hydrogens is 336 g/mol. The third kappa shape index (κ3) is 3.24. The molecule has 2 atom stereocenters. The minimum Gasteiger partial charge on any atom is -0.386 e. The van der Waals surface area contributed by atoms with Gasteiger partial charge in [0, 0.05) is 11.1 Å². The molecule has 0 aromatic rings. The second-order valence-electron chi connectivity index (χ2n) is 7.22. The Hall–Kier alpha value is -2.24. The lowest BCUT2D eigenvalue weighted by molar-refractivity contribution is -0.153. The fourth-order valence-electron chi connectivity index (χ4n) is 4.17. The SMILES string of the molecule is CCCC[C@@H]1CC2=C(C(=O)OC2=O)[C@H](CCCC)CC2=C1C(=O)OC2=O. The van der Waals surface area contributed by atoms with Crippen LogP contribution in [0.5, 0.6) is 0 Å². The van der Waals surface area contributed by atoms with E-state index in [0.29, 0.717) is 35.1 Å². The van der Waals surface area contributed by atoms with E-state index >= 15 is 0 Å². The molecule has 0 saturated heterocycles. The van der Waals surface area contributed by atoms with Crippen LogP contribution in [0.15, 0.2) is 22.3 Å². The standard InChI is InChI=1S/C20H24O6/c1-3-5-7-11-9-13-16(20(24)26-17(13)21)12(8-6-4-2)10-14-15(11)19(23)25-18(14)22/h11-12H,3-10H2,1-2H3/t11-,12-/m1/s1. The zero-order chi connectivity index (χ0) is 18.8. The van der Waals surface area contributed by atoms with E-state index in [4.69, 9.17) is 9.47 Å². The molecule has 0 N–H and O–H groups in total. The normalized spacial score (nSPS) is 25.8. The van der Waals surface area contributed by atoms with Crippen molar-refractivity contribution >= 4 is 23.9 Å². The molecule has 0 bridgehead atoms. The van der Waals surface area contributed by atoms with Crippen molar-refractivity contribution in [3.05, 3.63) is 22.3 Å². The van der Waals surface area contributed by atoms with Gasteiger partial charge in [0.15, 0.2) is 0 Å². The molecule has 2 aliphatic heterocycles. The monoisotopic (exact) mass is 360 g/mol. The van der Waals surface area contributed by atoms with Crippen LogP contribution in [0.3, 0.4) is 0 Å². The molecule has 3 aliphatic rings. The van der Waals surface area contributed by atoms with Crippen molar-refractivity contribution in [1.82, 2.24) is 0 Å². The summed E-state index contributed by atoms with van der Waals surface area (Å²) in [5.74, 6) is -2.98. The summed E-state index contributed by atoms with van der Waals surface area (Å²) in [4.78, 5) is 49.2. The number of carbonyl (C=O) groups excluding carboxylic acids is 4. The average molecular weight is 360 g/mol. The summed E-state index contributed by atoms with van der Waals surface area (Å²) in [6.07, 6.45) is 5.40. The van der Waals surface area contributed by atoms with E-state index in [1.807, 2.05) is 13.8 Å². The van der Waals surface area contributed by atoms with Gasteiger partial charge in [-0.2, -0.15) is 0 Å². The molecule has 0 fully saturated rings. The van der Waals surface area contributed by atoms with Gasteiger partial charge in [0.05, 0.1) is 11.1 Å². The Morgan fingerprint density at radius 2 is 1.08 bits per heavy atom. The van der Waals surface area contributed by atoms with Crippen molar-refractivity contribution in [1.29, 1.82) is 0 Å². The minimum absolute atomic E-state index is 0.254. The molecule has 3 rings (SSSR count). The van der Waals surface area contributed by atoms with Gasteiger partial charge < -0.3 is 9.47 Å². The van der Waals surface area contributed by atoms with Crippen molar-refractivity contribution in [2.24, 2.45) is 11.8 Å². The molecule has 0 amide bonds. The lowest BCUT2D eigenvalue weighted by atomic mass is 9.76. The van der Waals surface area contributed by atoms with E-state index < -0.39 is 23.9 Å². The number of cyclic esters (lactones) is 4. The maximum atomic E-state index is 12.3. The van der Waals surface area contributed by atoms with Crippen LogP contribution in [0.4, 0.5) is 0 Å². The fraction of sp³-hybridized carbons (Fsp3) is 0.600. The second-order valence-corrected chi connectivity index (χ2v) is 7.22. The zero-order valence-electron chi connectivity index (χ0n) is 15.3. The molecule has 0 unspecified atom stereocenters. The van der Waals surface area contributed by atoms with Gasteiger partial charge in [0.1, 0.15) is 0 Å². The van der Waals surface area contributed by atoms with Gasteiger partial charge in [-0.05, 0) is 37.5 Å². The highest BCUT2D eigenvalue weighted by molar-refractivity contribution is 6.15. The van der Waals surface area contributed by atoms with Crippen molar-refractivity contribution < 1.29 is 28.7 Å². The average Bonchev–Trinajstić information content (AvgIpc) is 3.00. The molecule has 0 aromatic carbocycles. The maximum Gasteiger partial charge on any atom is 0.342 e. The number of esters is 4. The molecule has 0 saturated carbocycles. The molecular formula is C20H24O6. The smallest absolute Gasteiger partial charge is 0.342 e. The van der Waals surface area contributed by atoms with E-state index in [9.17, 15) is 19.2 Å². The van der Waals surface area contributed by atoms with Gasteiger partial charge in [0.2, 0.25) is 0 Å². The molecule has 0 radical (unpaired) electrons. The predicted octanol–water partition coefficient (Wildman–Crippen LogP) is 3.15. The summed E-state index contributed by atoms with van der Waals surface area (Å²) in [5.41, 5.74) is 1.58. The van der Waals surface area contributed by atoms with E-state index in [0.717, 1.165) is 25.7 Å². The Morgan fingerprint density at radius 1 is 0.692 bits per heavy atom. The highest BCUT2D eigenvalue weighted by Gasteiger charge is 2.46. The highest BCUT2D eigenvalue weighted by Crippen LogP contribution is 2.43. The van der Waals surface area contributed by atoms with E-state index in [1.165, 1.54) is 0 Å². The van der Waals surface area contributed by atoms with E-state index in [2.05, 4.69) is 0 Å². The summed E-state index contributed by atoms with van der Waals surface area (Å²) in [7, 11) is 0.